The van der Waals surface area contributed by atoms with E-state index in [-0.39, 0.29) is 24.7 Å². The van der Waals surface area contributed by atoms with Gasteiger partial charge < -0.3 is 10.1 Å². The Morgan fingerprint density at radius 2 is 2.06 bits per heavy atom. The molecule has 1 aromatic rings. The maximum absolute atomic E-state index is 11.6. The molecule has 0 saturated carbocycles. The van der Waals surface area contributed by atoms with Crippen LogP contribution in [0.1, 0.15) is 25.3 Å². The van der Waals surface area contributed by atoms with Crippen LogP contribution in [-0.4, -0.2) is 18.5 Å². The van der Waals surface area contributed by atoms with E-state index < -0.39 is 0 Å². The lowest BCUT2D eigenvalue weighted by molar-refractivity contribution is -0.144. The average molecular weight is 361 g/mol. The van der Waals surface area contributed by atoms with Gasteiger partial charge in [-0.2, -0.15) is 0 Å². The number of aryl methyl sites for hydroxylation is 1. The summed E-state index contributed by atoms with van der Waals surface area (Å²) in [5.41, 5.74) is 1.79. The van der Waals surface area contributed by atoms with Crippen molar-refractivity contribution in [2.24, 2.45) is 0 Å². The summed E-state index contributed by atoms with van der Waals surface area (Å²) >= 11 is 2.22. The Morgan fingerprint density at radius 1 is 1.33 bits per heavy atom. The second-order valence-electron chi connectivity index (χ2n) is 3.81. The van der Waals surface area contributed by atoms with Crippen LogP contribution in [0.5, 0.6) is 0 Å². The largest absolute Gasteiger partial charge is 0.466 e. The van der Waals surface area contributed by atoms with E-state index in [9.17, 15) is 9.59 Å². The maximum atomic E-state index is 11.6. The summed E-state index contributed by atoms with van der Waals surface area (Å²) in [7, 11) is 0. The molecule has 18 heavy (non-hydrogen) atoms. The van der Waals surface area contributed by atoms with Crippen LogP contribution in [0.2, 0.25) is 0 Å². The minimum atomic E-state index is -0.341. The molecule has 0 unspecified atom stereocenters. The van der Waals surface area contributed by atoms with Crippen LogP contribution >= 0.6 is 22.6 Å². The van der Waals surface area contributed by atoms with Crippen LogP contribution in [0.4, 0.5) is 5.69 Å². The van der Waals surface area contributed by atoms with Gasteiger partial charge in [-0.15, -0.1) is 0 Å². The molecule has 0 saturated heterocycles. The average Bonchev–Trinajstić information content (AvgIpc) is 2.31. The fraction of sp³-hybridized carbons (Fsp3) is 0.385. The van der Waals surface area contributed by atoms with Gasteiger partial charge in [-0.3, -0.25) is 9.59 Å². The second-order valence-corrected chi connectivity index (χ2v) is 5.06. The zero-order chi connectivity index (χ0) is 13.5. The first-order valence-corrected chi connectivity index (χ1v) is 6.82. The summed E-state index contributed by atoms with van der Waals surface area (Å²) < 4.78 is 5.88. The van der Waals surface area contributed by atoms with Gasteiger partial charge in [0.1, 0.15) is 0 Å². The molecule has 0 aromatic heterocycles. The number of carbonyl (C=O) groups excluding carboxylic acids is 2. The number of hydrogen-bond donors (Lipinski definition) is 1. The van der Waals surface area contributed by atoms with Gasteiger partial charge in [-0.1, -0.05) is 0 Å². The van der Waals surface area contributed by atoms with Crippen molar-refractivity contribution in [3.8, 4) is 0 Å². The van der Waals surface area contributed by atoms with Crippen LogP contribution in [0, 0.1) is 10.5 Å². The van der Waals surface area contributed by atoms with Crippen molar-refractivity contribution in [2.45, 2.75) is 26.7 Å². The maximum Gasteiger partial charge on any atom is 0.306 e. The van der Waals surface area contributed by atoms with Gasteiger partial charge in [0.05, 0.1) is 13.0 Å². The van der Waals surface area contributed by atoms with Gasteiger partial charge in [0.2, 0.25) is 5.91 Å². The number of esters is 1. The topological polar surface area (TPSA) is 55.4 Å². The lowest BCUT2D eigenvalue weighted by Crippen LogP contribution is -2.15. The molecule has 0 heterocycles. The van der Waals surface area contributed by atoms with Crippen molar-refractivity contribution in [1.29, 1.82) is 0 Å². The van der Waals surface area contributed by atoms with E-state index in [1.54, 1.807) is 6.92 Å². The number of hydrogen-bond acceptors (Lipinski definition) is 3. The SMILES string of the molecule is CCOC(=O)CCC(=O)Nc1ccc(I)cc1C. The molecule has 0 bridgehead atoms. The number of amides is 1. The van der Waals surface area contributed by atoms with Crippen molar-refractivity contribution in [3.63, 3.8) is 0 Å². The second kappa shape index (κ2) is 7.35. The Morgan fingerprint density at radius 3 is 2.67 bits per heavy atom. The molecule has 1 aromatic carbocycles. The van der Waals surface area contributed by atoms with E-state index >= 15 is 0 Å². The first-order chi connectivity index (χ1) is 8.52. The molecule has 1 amide bonds. The molecule has 1 N–H and O–H groups in total. The minimum Gasteiger partial charge on any atom is -0.466 e. The number of ether oxygens (including phenoxy) is 1. The normalized spacial score (nSPS) is 9.94. The molecule has 0 aliphatic carbocycles. The van der Waals surface area contributed by atoms with Crippen molar-refractivity contribution in [1.82, 2.24) is 0 Å². The van der Waals surface area contributed by atoms with E-state index in [2.05, 4.69) is 27.9 Å². The molecule has 0 fully saturated rings. The molecule has 4 nitrogen and oxygen atoms in total. The summed E-state index contributed by atoms with van der Waals surface area (Å²) in [6.07, 6.45) is 0.257. The summed E-state index contributed by atoms with van der Waals surface area (Å²) in [5, 5.41) is 2.78. The predicted molar refractivity (Wildman–Crippen MR) is 78.4 cm³/mol. The van der Waals surface area contributed by atoms with Gasteiger partial charge >= 0.3 is 5.97 Å². The van der Waals surface area contributed by atoms with E-state index in [1.807, 2.05) is 25.1 Å². The van der Waals surface area contributed by atoms with Crippen LogP contribution in [0.25, 0.3) is 0 Å². The van der Waals surface area contributed by atoms with E-state index in [4.69, 9.17) is 4.74 Å². The Labute approximate surface area is 120 Å². The van der Waals surface area contributed by atoms with Crippen LogP contribution in [0.15, 0.2) is 18.2 Å². The van der Waals surface area contributed by atoms with Crippen LogP contribution in [-0.2, 0) is 14.3 Å². The summed E-state index contributed by atoms with van der Waals surface area (Å²) in [4.78, 5) is 22.7. The predicted octanol–water partition coefficient (Wildman–Crippen LogP) is 2.88. The number of benzene rings is 1. The first-order valence-electron chi connectivity index (χ1n) is 5.74. The summed E-state index contributed by atoms with van der Waals surface area (Å²) in [6, 6.07) is 5.77. The molecular formula is C13H16INO3. The highest BCUT2D eigenvalue weighted by Gasteiger charge is 2.08. The quantitative estimate of drug-likeness (QED) is 0.648. The zero-order valence-electron chi connectivity index (χ0n) is 10.5. The fourth-order valence-electron chi connectivity index (χ4n) is 1.43. The third-order valence-corrected chi connectivity index (χ3v) is 3.00. The molecule has 0 radical (unpaired) electrons. The number of carbonyl (C=O) groups is 2. The number of anilines is 1. The van der Waals surface area contributed by atoms with Crippen molar-refractivity contribution < 1.29 is 14.3 Å². The van der Waals surface area contributed by atoms with E-state index in [0.29, 0.717) is 6.61 Å². The highest BCUT2D eigenvalue weighted by atomic mass is 127. The van der Waals surface area contributed by atoms with Gasteiger partial charge in [-0.05, 0) is 60.2 Å². The minimum absolute atomic E-state index is 0.114. The summed E-state index contributed by atoms with van der Waals surface area (Å²) in [5.74, 6) is -0.514. The van der Waals surface area contributed by atoms with E-state index in [1.165, 1.54) is 0 Å². The van der Waals surface area contributed by atoms with Crippen LogP contribution < -0.4 is 5.32 Å². The van der Waals surface area contributed by atoms with Gasteiger partial charge in [0.15, 0.2) is 0 Å². The Kier molecular flexibility index (Phi) is 6.11. The Hall–Kier alpha value is -1.11. The van der Waals surface area contributed by atoms with Gasteiger partial charge in [0.25, 0.3) is 0 Å². The van der Waals surface area contributed by atoms with E-state index in [0.717, 1.165) is 14.8 Å². The van der Waals surface area contributed by atoms with Gasteiger partial charge in [0, 0.05) is 15.7 Å². The molecular weight excluding hydrogens is 345 g/mol. The Bertz CT molecular complexity index is 446. The van der Waals surface area contributed by atoms with Crippen LogP contribution in [0.3, 0.4) is 0 Å². The monoisotopic (exact) mass is 361 g/mol. The summed E-state index contributed by atoms with van der Waals surface area (Å²) in [6.45, 7) is 4.02. The molecule has 0 atom stereocenters. The number of nitrogens with one attached hydrogen (secondary N) is 1. The number of rotatable bonds is 5. The first kappa shape index (κ1) is 14.9. The Balaban J connectivity index is 2.47. The third kappa shape index (κ3) is 5.03. The zero-order valence-corrected chi connectivity index (χ0v) is 12.6. The van der Waals surface area contributed by atoms with Crippen molar-refractivity contribution >= 4 is 40.2 Å². The molecule has 5 heteroatoms. The van der Waals surface area contributed by atoms with Crippen molar-refractivity contribution in [2.75, 3.05) is 11.9 Å². The lowest BCUT2D eigenvalue weighted by atomic mass is 10.2. The van der Waals surface area contributed by atoms with Gasteiger partial charge in [-0.25, -0.2) is 0 Å². The highest BCUT2D eigenvalue weighted by Crippen LogP contribution is 2.17. The number of halogens is 1. The van der Waals surface area contributed by atoms with Crippen molar-refractivity contribution in [3.05, 3.63) is 27.3 Å². The smallest absolute Gasteiger partial charge is 0.306 e. The molecule has 0 aliphatic rings. The third-order valence-electron chi connectivity index (χ3n) is 2.32. The highest BCUT2D eigenvalue weighted by molar-refractivity contribution is 14.1. The lowest BCUT2D eigenvalue weighted by Gasteiger charge is -2.08. The molecule has 0 aliphatic heterocycles. The molecule has 0 spiro atoms. The molecule has 1 rings (SSSR count). The molecule has 98 valence electrons. The standard InChI is InChI=1S/C13H16INO3/c1-3-18-13(17)7-6-12(16)15-11-5-4-10(14)8-9(11)2/h4-5,8H,3,6-7H2,1-2H3,(H,15,16). The fourth-order valence-corrected chi connectivity index (χ4v) is 2.08.